The summed E-state index contributed by atoms with van der Waals surface area (Å²) >= 11 is 0. The van der Waals surface area contributed by atoms with Gasteiger partial charge in [-0.3, -0.25) is 4.79 Å². The number of halogens is 5. The van der Waals surface area contributed by atoms with Crippen molar-refractivity contribution in [1.82, 2.24) is 5.32 Å². The molecule has 0 aliphatic heterocycles. The van der Waals surface area contributed by atoms with Crippen LogP contribution in [0.2, 0.25) is 0 Å². The fraction of sp³-hybridized carbons (Fsp3) is 0.533. The van der Waals surface area contributed by atoms with Crippen molar-refractivity contribution in [1.29, 1.82) is 0 Å². The Bertz CT molecular complexity index is 633. The highest BCUT2D eigenvalue weighted by molar-refractivity contribution is 5.98. The molecule has 0 heterocycles. The maximum atomic E-state index is 13.7. The molecule has 5 nitrogen and oxygen atoms in total. The van der Waals surface area contributed by atoms with Crippen molar-refractivity contribution >= 4 is 16.4 Å². The fourth-order valence-electron chi connectivity index (χ4n) is 2.08. The molecule has 1 N–H and O–H groups in total. The molecule has 0 fully saturated rings. The van der Waals surface area contributed by atoms with Gasteiger partial charge < -0.3 is 19.2 Å². The third-order valence-electron chi connectivity index (χ3n) is 3.04. The van der Waals surface area contributed by atoms with E-state index in [2.05, 4.69) is 0 Å². The van der Waals surface area contributed by atoms with E-state index in [1.807, 2.05) is 5.32 Å². The van der Waals surface area contributed by atoms with Crippen molar-refractivity contribution in [2.24, 2.45) is 0 Å². The van der Waals surface area contributed by atoms with Gasteiger partial charge in [0.05, 0.1) is 18.8 Å². The summed E-state index contributed by atoms with van der Waals surface area (Å²) < 4.78 is 83.2. The smallest absolute Gasteiger partial charge is 0.291 e. The van der Waals surface area contributed by atoms with Crippen LogP contribution in [0.25, 0.3) is 0 Å². The SMILES string of the molecule is CC(C)OC(CNC(=O)c1c(F)c(F)c(F)c(F)c1F)(O[SiH3])OC(C)C. The molecule has 0 bridgehead atoms. The highest BCUT2D eigenvalue weighted by Crippen LogP contribution is 2.24. The van der Waals surface area contributed by atoms with Gasteiger partial charge in [0, 0.05) is 0 Å². The number of benzene rings is 1. The largest absolute Gasteiger partial charge is 0.379 e. The van der Waals surface area contributed by atoms with Crippen LogP contribution in [0.5, 0.6) is 0 Å². The molecule has 0 atom stereocenters. The number of nitrogens with one attached hydrogen (secondary N) is 1. The zero-order valence-corrected chi connectivity index (χ0v) is 16.9. The van der Waals surface area contributed by atoms with E-state index in [4.69, 9.17) is 13.9 Å². The van der Waals surface area contributed by atoms with Crippen molar-refractivity contribution in [3.8, 4) is 0 Å². The lowest BCUT2D eigenvalue weighted by atomic mass is 10.1. The van der Waals surface area contributed by atoms with Crippen LogP contribution in [0.4, 0.5) is 22.0 Å². The summed E-state index contributed by atoms with van der Waals surface area (Å²) in [4.78, 5) is 12.0. The monoisotopic (exact) mass is 401 g/mol. The van der Waals surface area contributed by atoms with Crippen molar-refractivity contribution in [3.63, 3.8) is 0 Å². The molecule has 1 aromatic rings. The first kappa shape index (κ1) is 22.5. The third-order valence-corrected chi connectivity index (χ3v) is 3.67. The molecule has 1 rings (SSSR count). The Morgan fingerprint density at radius 2 is 1.31 bits per heavy atom. The Balaban J connectivity index is 3.13. The molecule has 26 heavy (non-hydrogen) atoms. The molecule has 0 saturated carbocycles. The Kier molecular flexibility index (Phi) is 7.68. The molecular weight excluding hydrogens is 381 g/mol. The Labute approximate surface area is 150 Å². The minimum absolute atomic E-state index is 0.111. The maximum Gasteiger partial charge on any atom is 0.291 e. The molecule has 148 valence electrons. The molecule has 0 spiro atoms. The first-order valence-electron chi connectivity index (χ1n) is 7.66. The van der Waals surface area contributed by atoms with Crippen LogP contribution in [0, 0.1) is 29.1 Å². The van der Waals surface area contributed by atoms with Crippen LogP contribution in [0.15, 0.2) is 0 Å². The van der Waals surface area contributed by atoms with E-state index in [1.54, 1.807) is 27.7 Å². The second-order valence-electron chi connectivity index (χ2n) is 5.85. The van der Waals surface area contributed by atoms with Crippen LogP contribution in [0.1, 0.15) is 38.1 Å². The molecule has 0 aromatic heterocycles. The Morgan fingerprint density at radius 1 is 0.923 bits per heavy atom. The van der Waals surface area contributed by atoms with Gasteiger partial charge in [0.25, 0.3) is 11.9 Å². The van der Waals surface area contributed by atoms with E-state index in [9.17, 15) is 26.7 Å². The number of hydrogen-bond acceptors (Lipinski definition) is 4. The number of carbonyl (C=O) groups excluding carboxylic acids is 1. The van der Waals surface area contributed by atoms with Crippen LogP contribution in [0.3, 0.4) is 0 Å². The van der Waals surface area contributed by atoms with E-state index in [1.165, 1.54) is 0 Å². The first-order valence-corrected chi connectivity index (χ1v) is 8.47. The van der Waals surface area contributed by atoms with Crippen molar-refractivity contribution in [3.05, 3.63) is 34.6 Å². The lowest BCUT2D eigenvalue weighted by Crippen LogP contribution is -2.51. The van der Waals surface area contributed by atoms with E-state index >= 15 is 0 Å². The summed E-state index contributed by atoms with van der Waals surface area (Å²) in [6, 6.07) is 0. The van der Waals surface area contributed by atoms with Gasteiger partial charge in [-0.05, 0) is 27.7 Å². The summed E-state index contributed by atoms with van der Waals surface area (Å²) in [6.07, 6.45) is -0.817. The molecule has 0 aliphatic carbocycles. The molecule has 1 aromatic carbocycles. The van der Waals surface area contributed by atoms with Gasteiger partial charge in [-0.15, -0.1) is 0 Å². The predicted molar refractivity (Wildman–Crippen MR) is 84.8 cm³/mol. The summed E-state index contributed by atoms with van der Waals surface area (Å²) in [5.41, 5.74) is -1.60. The van der Waals surface area contributed by atoms with Gasteiger partial charge in [-0.25, -0.2) is 22.0 Å². The number of hydrogen-bond donors (Lipinski definition) is 1. The topological polar surface area (TPSA) is 56.8 Å². The highest BCUT2D eigenvalue weighted by atomic mass is 28.2. The van der Waals surface area contributed by atoms with Crippen LogP contribution < -0.4 is 5.32 Å². The summed E-state index contributed by atoms with van der Waals surface area (Å²) in [6.45, 7) is 6.09. The molecule has 0 radical (unpaired) electrons. The summed E-state index contributed by atoms with van der Waals surface area (Å²) in [7, 11) is 0.111. The summed E-state index contributed by atoms with van der Waals surface area (Å²) in [5.74, 6) is -14.5. The van der Waals surface area contributed by atoms with Crippen LogP contribution in [-0.2, 0) is 13.9 Å². The second kappa shape index (κ2) is 8.89. The molecule has 0 saturated heterocycles. The average Bonchev–Trinajstić information content (AvgIpc) is 2.55. The maximum absolute atomic E-state index is 13.7. The lowest BCUT2D eigenvalue weighted by molar-refractivity contribution is -0.361. The zero-order chi connectivity index (χ0) is 20.2. The molecular formula is C15H20F5NO4Si. The number of rotatable bonds is 8. The van der Waals surface area contributed by atoms with E-state index in [0.717, 1.165) is 0 Å². The van der Waals surface area contributed by atoms with Gasteiger partial charge in [-0.2, -0.15) is 0 Å². The van der Waals surface area contributed by atoms with E-state index in [-0.39, 0.29) is 10.5 Å². The minimum Gasteiger partial charge on any atom is -0.379 e. The molecule has 0 unspecified atom stereocenters. The van der Waals surface area contributed by atoms with Crippen molar-refractivity contribution < 1.29 is 40.6 Å². The van der Waals surface area contributed by atoms with Gasteiger partial charge in [-0.1, -0.05) is 0 Å². The quantitative estimate of drug-likeness (QED) is 0.238. The number of amides is 1. The van der Waals surface area contributed by atoms with Crippen LogP contribution in [-0.4, -0.2) is 41.1 Å². The molecule has 1 amide bonds. The normalized spacial score (nSPS) is 12.3. The molecule has 0 aliphatic rings. The van der Waals surface area contributed by atoms with E-state index in [0.29, 0.717) is 0 Å². The van der Waals surface area contributed by atoms with Crippen molar-refractivity contribution in [2.75, 3.05) is 6.54 Å². The summed E-state index contributed by atoms with van der Waals surface area (Å²) in [5, 5.41) is 2.03. The van der Waals surface area contributed by atoms with Crippen molar-refractivity contribution in [2.45, 2.75) is 45.9 Å². The Morgan fingerprint density at radius 3 is 1.65 bits per heavy atom. The second-order valence-corrected chi connectivity index (χ2v) is 6.26. The van der Waals surface area contributed by atoms with Gasteiger partial charge >= 0.3 is 0 Å². The van der Waals surface area contributed by atoms with Gasteiger partial charge in [0.1, 0.15) is 5.56 Å². The average molecular weight is 401 g/mol. The van der Waals surface area contributed by atoms with Crippen LogP contribution >= 0.6 is 0 Å². The standard InChI is InChI=1S/C15H20F5NO4Si/c1-6(2)23-15(25-26,24-7(3)4)5-21-14(22)8-9(16)11(18)13(20)12(19)10(8)17/h6-7H,5H2,1-4,26H3,(H,21,22). The Hall–Kier alpha value is -1.56. The zero-order valence-electron chi connectivity index (χ0n) is 14.9. The van der Waals surface area contributed by atoms with Gasteiger partial charge in [0.15, 0.2) is 33.8 Å². The number of ether oxygens (including phenoxy) is 2. The lowest BCUT2D eigenvalue weighted by Gasteiger charge is -2.35. The first-order chi connectivity index (χ1) is 12.0. The molecule has 11 heteroatoms. The third kappa shape index (κ3) is 4.99. The highest BCUT2D eigenvalue weighted by Gasteiger charge is 2.36. The number of carbonyl (C=O) groups is 1. The predicted octanol–water partition coefficient (Wildman–Crippen LogP) is 1.91. The van der Waals surface area contributed by atoms with E-state index < -0.39 is 65.3 Å². The van der Waals surface area contributed by atoms with Gasteiger partial charge in [0.2, 0.25) is 5.82 Å². The minimum atomic E-state index is -2.35. The fourth-order valence-corrected chi connectivity index (χ4v) is 2.42.